The molecule has 1 aromatic heterocycles. The van der Waals surface area contributed by atoms with Crippen molar-refractivity contribution in [1.82, 2.24) is 14.9 Å². The van der Waals surface area contributed by atoms with E-state index in [0.717, 1.165) is 12.8 Å². The second-order valence-corrected chi connectivity index (χ2v) is 4.28. The number of carboxylic acid groups (broad SMARTS) is 1. The van der Waals surface area contributed by atoms with Gasteiger partial charge in [0.25, 0.3) is 0 Å². The fourth-order valence-electron chi connectivity index (χ4n) is 1.64. The molecular weight excluding hydrogens is 234 g/mol. The van der Waals surface area contributed by atoms with Crippen LogP contribution in [0, 0.1) is 5.92 Å². The molecule has 6 nitrogen and oxygen atoms in total. The molecule has 1 unspecified atom stereocenters. The number of aromatic carboxylic acids is 1. The van der Waals surface area contributed by atoms with E-state index >= 15 is 0 Å². The summed E-state index contributed by atoms with van der Waals surface area (Å²) in [5.74, 6) is -0.989. The van der Waals surface area contributed by atoms with Crippen molar-refractivity contribution >= 4 is 11.9 Å². The van der Waals surface area contributed by atoms with E-state index in [0.29, 0.717) is 13.1 Å². The minimum atomic E-state index is -1.05. The average Bonchev–Trinajstić information content (AvgIpc) is 2.78. The maximum atomic E-state index is 11.6. The van der Waals surface area contributed by atoms with Crippen LogP contribution in [0.15, 0.2) is 12.5 Å². The summed E-state index contributed by atoms with van der Waals surface area (Å²) in [5, 5.41) is 11.5. The average molecular weight is 253 g/mol. The molecule has 0 aliphatic carbocycles. The molecule has 0 spiro atoms. The lowest BCUT2D eigenvalue weighted by Crippen LogP contribution is -2.31. The first-order valence-corrected chi connectivity index (χ1v) is 6.07. The van der Waals surface area contributed by atoms with E-state index in [-0.39, 0.29) is 17.5 Å². The number of hydrogen-bond acceptors (Lipinski definition) is 3. The first kappa shape index (κ1) is 14.2. The van der Waals surface area contributed by atoms with Gasteiger partial charge in [-0.3, -0.25) is 4.79 Å². The Labute approximate surface area is 106 Å². The van der Waals surface area contributed by atoms with Crippen LogP contribution in [0.5, 0.6) is 0 Å². The van der Waals surface area contributed by atoms with Gasteiger partial charge in [-0.25, -0.2) is 9.78 Å². The Hall–Kier alpha value is -1.85. The number of nitrogens with one attached hydrogen (secondary N) is 1. The number of hydrogen-bond donors (Lipinski definition) is 2. The van der Waals surface area contributed by atoms with Crippen molar-refractivity contribution in [2.45, 2.75) is 33.2 Å². The molecule has 0 aliphatic heterocycles. The number of aromatic nitrogens is 2. The molecule has 0 radical (unpaired) electrons. The predicted molar refractivity (Wildman–Crippen MR) is 66.3 cm³/mol. The number of imidazole rings is 1. The first-order valence-electron chi connectivity index (χ1n) is 6.07. The van der Waals surface area contributed by atoms with Crippen LogP contribution in [-0.2, 0) is 11.3 Å². The SMILES string of the molecule is CCCC(C)C(=O)NCCn1cnc(C(=O)O)c1. The summed E-state index contributed by atoms with van der Waals surface area (Å²) in [6.45, 7) is 4.94. The summed E-state index contributed by atoms with van der Waals surface area (Å²) in [5.41, 5.74) is 0.0145. The van der Waals surface area contributed by atoms with E-state index in [9.17, 15) is 9.59 Å². The number of carbonyl (C=O) groups excluding carboxylic acids is 1. The topological polar surface area (TPSA) is 84.2 Å². The van der Waals surface area contributed by atoms with Gasteiger partial charge in [0.2, 0.25) is 5.91 Å². The number of rotatable bonds is 7. The molecule has 0 fully saturated rings. The fourth-order valence-corrected chi connectivity index (χ4v) is 1.64. The monoisotopic (exact) mass is 253 g/mol. The van der Waals surface area contributed by atoms with E-state index in [4.69, 9.17) is 5.11 Å². The maximum absolute atomic E-state index is 11.6. The molecule has 2 N–H and O–H groups in total. The van der Waals surface area contributed by atoms with Crippen molar-refractivity contribution in [3.05, 3.63) is 18.2 Å². The van der Waals surface area contributed by atoms with Crippen LogP contribution in [-0.4, -0.2) is 33.1 Å². The third kappa shape index (κ3) is 4.20. The molecule has 100 valence electrons. The third-order valence-electron chi connectivity index (χ3n) is 2.69. The lowest BCUT2D eigenvalue weighted by Gasteiger charge is -2.11. The highest BCUT2D eigenvalue weighted by molar-refractivity contribution is 5.84. The highest BCUT2D eigenvalue weighted by Gasteiger charge is 2.11. The van der Waals surface area contributed by atoms with Gasteiger partial charge in [-0.2, -0.15) is 0 Å². The van der Waals surface area contributed by atoms with E-state index in [1.54, 1.807) is 4.57 Å². The Bertz CT molecular complexity index is 414. The Morgan fingerprint density at radius 1 is 1.56 bits per heavy atom. The Balaban J connectivity index is 2.32. The van der Waals surface area contributed by atoms with Crippen LogP contribution in [0.25, 0.3) is 0 Å². The quantitative estimate of drug-likeness (QED) is 0.763. The molecule has 6 heteroatoms. The molecule has 0 bridgehead atoms. The van der Waals surface area contributed by atoms with Gasteiger partial charge in [0.15, 0.2) is 5.69 Å². The highest BCUT2D eigenvalue weighted by atomic mass is 16.4. The van der Waals surface area contributed by atoms with Crippen LogP contribution in [0.2, 0.25) is 0 Å². The summed E-state index contributed by atoms with van der Waals surface area (Å²) < 4.78 is 1.65. The molecule has 0 aromatic carbocycles. The second kappa shape index (κ2) is 6.78. The Morgan fingerprint density at radius 3 is 2.83 bits per heavy atom. The van der Waals surface area contributed by atoms with Crippen LogP contribution < -0.4 is 5.32 Å². The van der Waals surface area contributed by atoms with Crippen molar-refractivity contribution in [3.63, 3.8) is 0 Å². The summed E-state index contributed by atoms with van der Waals surface area (Å²) in [4.78, 5) is 25.9. The smallest absolute Gasteiger partial charge is 0.356 e. The molecule has 0 saturated carbocycles. The van der Waals surface area contributed by atoms with Crippen molar-refractivity contribution in [3.8, 4) is 0 Å². The number of carboxylic acids is 1. The first-order chi connectivity index (χ1) is 8.54. The van der Waals surface area contributed by atoms with Crippen LogP contribution in [0.1, 0.15) is 37.2 Å². The zero-order valence-electron chi connectivity index (χ0n) is 10.7. The molecular formula is C12H19N3O3. The number of nitrogens with zero attached hydrogens (tertiary/aromatic N) is 2. The van der Waals surface area contributed by atoms with Crippen molar-refractivity contribution in [2.24, 2.45) is 5.92 Å². The summed E-state index contributed by atoms with van der Waals surface area (Å²) in [6, 6.07) is 0. The molecule has 1 rings (SSSR count). The highest BCUT2D eigenvalue weighted by Crippen LogP contribution is 2.04. The van der Waals surface area contributed by atoms with Crippen molar-refractivity contribution in [2.75, 3.05) is 6.54 Å². The van der Waals surface area contributed by atoms with E-state index < -0.39 is 5.97 Å². The van der Waals surface area contributed by atoms with Gasteiger partial charge in [0.05, 0.1) is 6.33 Å². The van der Waals surface area contributed by atoms with E-state index in [2.05, 4.69) is 10.3 Å². The van der Waals surface area contributed by atoms with Crippen molar-refractivity contribution < 1.29 is 14.7 Å². The summed E-state index contributed by atoms with van der Waals surface area (Å²) >= 11 is 0. The van der Waals surface area contributed by atoms with Gasteiger partial charge in [0, 0.05) is 25.2 Å². The van der Waals surface area contributed by atoms with Gasteiger partial charge >= 0.3 is 5.97 Å². The van der Waals surface area contributed by atoms with Crippen molar-refractivity contribution in [1.29, 1.82) is 0 Å². The van der Waals surface area contributed by atoms with Crippen LogP contribution in [0.4, 0.5) is 0 Å². The predicted octanol–water partition coefficient (Wildman–Crippen LogP) is 1.13. The molecule has 1 heterocycles. The summed E-state index contributed by atoms with van der Waals surface area (Å²) in [6.07, 6.45) is 4.76. The van der Waals surface area contributed by atoms with Gasteiger partial charge in [-0.15, -0.1) is 0 Å². The van der Waals surface area contributed by atoms with Gasteiger partial charge < -0.3 is 15.0 Å². The zero-order valence-corrected chi connectivity index (χ0v) is 10.7. The van der Waals surface area contributed by atoms with Crippen LogP contribution in [0.3, 0.4) is 0 Å². The number of carbonyl (C=O) groups is 2. The lowest BCUT2D eigenvalue weighted by molar-refractivity contribution is -0.124. The Kier molecular flexibility index (Phi) is 5.35. The minimum absolute atomic E-state index is 0.0145. The molecule has 18 heavy (non-hydrogen) atoms. The molecule has 1 aromatic rings. The maximum Gasteiger partial charge on any atom is 0.356 e. The summed E-state index contributed by atoms with van der Waals surface area (Å²) in [7, 11) is 0. The molecule has 1 atom stereocenters. The van der Waals surface area contributed by atoms with Crippen LogP contribution >= 0.6 is 0 Å². The van der Waals surface area contributed by atoms with E-state index in [1.807, 2.05) is 13.8 Å². The van der Waals surface area contributed by atoms with Gasteiger partial charge in [-0.1, -0.05) is 20.3 Å². The molecule has 0 aliphatic rings. The zero-order chi connectivity index (χ0) is 13.5. The normalized spacial score (nSPS) is 12.1. The molecule has 1 amide bonds. The fraction of sp³-hybridized carbons (Fsp3) is 0.583. The Morgan fingerprint density at radius 2 is 2.28 bits per heavy atom. The second-order valence-electron chi connectivity index (χ2n) is 4.28. The number of amides is 1. The lowest BCUT2D eigenvalue weighted by atomic mass is 10.1. The largest absolute Gasteiger partial charge is 0.476 e. The third-order valence-corrected chi connectivity index (χ3v) is 2.69. The standard InChI is InChI=1S/C12H19N3O3/c1-3-4-9(2)11(16)13-5-6-15-7-10(12(17)18)14-8-15/h7-9H,3-6H2,1-2H3,(H,13,16)(H,17,18). The van der Waals surface area contributed by atoms with Gasteiger partial charge in [-0.05, 0) is 6.42 Å². The molecule has 0 saturated heterocycles. The van der Waals surface area contributed by atoms with E-state index in [1.165, 1.54) is 12.5 Å². The van der Waals surface area contributed by atoms with Gasteiger partial charge in [0.1, 0.15) is 0 Å². The minimum Gasteiger partial charge on any atom is -0.476 e.